The minimum Gasteiger partial charge on any atom is -0.319 e. The molecule has 1 fully saturated rings. The maximum Gasteiger partial charge on any atom is 0.325 e. The van der Waals surface area contributed by atoms with E-state index in [1.807, 2.05) is 0 Å². The number of hydrogen-bond donors (Lipinski definition) is 1. The van der Waals surface area contributed by atoms with Crippen LogP contribution in [0.5, 0.6) is 0 Å². The molecule has 9 heteroatoms. The van der Waals surface area contributed by atoms with Crippen LogP contribution in [0.4, 0.5) is 14.9 Å². The number of benzene rings is 2. The highest BCUT2D eigenvalue weighted by molar-refractivity contribution is 6.32. The fraction of sp³-hybridized carbons (Fsp3) is 0.222. The van der Waals surface area contributed by atoms with Gasteiger partial charge < -0.3 is 5.32 Å². The molecule has 3 amide bonds. The Balaban J connectivity index is 1.96. The quantitative estimate of drug-likeness (QED) is 0.489. The summed E-state index contributed by atoms with van der Waals surface area (Å²) in [6, 6.07) is 7.37. The summed E-state index contributed by atoms with van der Waals surface area (Å²) in [4.78, 5) is 36.9. The van der Waals surface area contributed by atoms with E-state index in [0.717, 1.165) is 17.0 Å². The molecule has 1 aliphatic rings. The van der Waals surface area contributed by atoms with Crippen molar-refractivity contribution in [2.24, 2.45) is 0 Å². The smallest absolute Gasteiger partial charge is 0.319 e. The van der Waals surface area contributed by atoms with Crippen LogP contribution < -0.4 is 5.32 Å². The van der Waals surface area contributed by atoms with Gasteiger partial charge in [0.15, 0.2) is 0 Å². The van der Waals surface area contributed by atoms with E-state index in [-0.39, 0.29) is 22.8 Å². The second-order valence-electron chi connectivity index (χ2n) is 6.39. The Morgan fingerprint density at radius 2 is 2.00 bits per heavy atom. The number of nitrogens with zero attached hydrogens (tertiary/aromatic N) is 2. The molecule has 2 aromatic carbocycles. The Bertz CT molecular complexity index is 981. The Hall–Kier alpha value is -3.00. The third-order valence-electron chi connectivity index (χ3n) is 4.69. The monoisotopic (exact) mass is 391 g/mol. The zero-order valence-electron chi connectivity index (χ0n) is 14.5. The Kier molecular flexibility index (Phi) is 4.61. The van der Waals surface area contributed by atoms with Gasteiger partial charge in [-0.2, -0.15) is 0 Å². The molecule has 1 unspecified atom stereocenters. The Labute approximate surface area is 158 Å². The molecule has 1 saturated heterocycles. The Morgan fingerprint density at radius 3 is 2.63 bits per heavy atom. The van der Waals surface area contributed by atoms with Crippen molar-refractivity contribution in [3.05, 3.63) is 74.0 Å². The number of nitro benzene ring substituents is 1. The van der Waals surface area contributed by atoms with E-state index in [9.17, 15) is 24.1 Å². The van der Waals surface area contributed by atoms with Gasteiger partial charge in [0.2, 0.25) is 0 Å². The van der Waals surface area contributed by atoms with E-state index >= 15 is 0 Å². The molecule has 1 atom stereocenters. The summed E-state index contributed by atoms with van der Waals surface area (Å²) in [6.45, 7) is 2.90. The Morgan fingerprint density at radius 1 is 1.30 bits per heavy atom. The average Bonchev–Trinajstić information content (AvgIpc) is 2.80. The van der Waals surface area contributed by atoms with E-state index in [4.69, 9.17) is 11.6 Å². The molecule has 0 bridgehead atoms. The first kappa shape index (κ1) is 18.8. The van der Waals surface area contributed by atoms with E-state index < -0.39 is 28.2 Å². The minimum absolute atomic E-state index is 0.0135. The van der Waals surface area contributed by atoms with Crippen molar-refractivity contribution in [3.63, 3.8) is 0 Å². The van der Waals surface area contributed by atoms with Gasteiger partial charge in [-0.05, 0) is 31.5 Å². The molecule has 0 aliphatic carbocycles. The first-order valence-electron chi connectivity index (χ1n) is 7.97. The van der Waals surface area contributed by atoms with Crippen LogP contribution >= 0.6 is 11.6 Å². The van der Waals surface area contributed by atoms with E-state index in [1.54, 1.807) is 13.0 Å². The number of carbonyl (C=O) groups is 2. The number of halogens is 2. The zero-order chi connectivity index (χ0) is 19.9. The molecule has 1 aliphatic heterocycles. The fourth-order valence-electron chi connectivity index (χ4n) is 3.13. The number of imide groups is 1. The first-order chi connectivity index (χ1) is 12.6. The van der Waals surface area contributed by atoms with Crippen LogP contribution in [-0.4, -0.2) is 21.8 Å². The molecule has 2 aromatic rings. The second-order valence-corrected chi connectivity index (χ2v) is 6.80. The van der Waals surface area contributed by atoms with Crippen LogP contribution in [0.1, 0.15) is 23.6 Å². The molecule has 0 saturated carbocycles. The van der Waals surface area contributed by atoms with Gasteiger partial charge in [-0.1, -0.05) is 29.8 Å². The van der Waals surface area contributed by atoms with Crippen molar-refractivity contribution in [1.82, 2.24) is 10.2 Å². The fourth-order valence-corrected chi connectivity index (χ4v) is 3.48. The van der Waals surface area contributed by atoms with E-state index in [1.165, 1.54) is 25.1 Å². The SMILES string of the molecule is Cc1c(CN2C(=O)NC(C)(c3ccc(F)cc3Cl)C2=O)cccc1[N+](=O)[O-]. The number of hydrogen-bond acceptors (Lipinski definition) is 4. The highest BCUT2D eigenvalue weighted by atomic mass is 35.5. The van der Waals surface area contributed by atoms with Gasteiger partial charge in [-0.15, -0.1) is 0 Å². The molecule has 1 N–H and O–H groups in total. The third kappa shape index (κ3) is 3.12. The zero-order valence-corrected chi connectivity index (χ0v) is 15.2. The lowest BCUT2D eigenvalue weighted by Crippen LogP contribution is -2.41. The summed E-state index contributed by atoms with van der Waals surface area (Å²) in [5, 5.41) is 13.7. The molecular weight excluding hydrogens is 377 g/mol. The second kappa shape index (κ2) is 6.62. The van der Waals surface area contributed by atoms with Gasteiger partial charge in [0.25, 0.3) is 11.6 Å². The summed E-state index contributed by atoms with van der Waals surface area (Å²) in [5.74, 6) is -1.14. The van der Waals surface area contributed by atoms with Crippen LogP contribution in [0, 0.1) is 22.9 Å². The molecule has 140 valence electrons. The summed E-state index contributed by atoms with van der Waals surface area (Å²) < 4.78 is 13.3. The lowest BCUT2D eigenvalue weighted by Gasteiger charge is -2.23. The van der Waals surface area contributed by atoms with Crippen LogP contribution in [0.3, 0.4) is 0 Å². The topological polar surface area (TPSA) is 92.6 Å². The number of urea groups is 1. The molecule has 3 rings (SSSR count). The molecule has 1 heterocycles. The van der Waals surface area contributed by atoms with E-state index in [2.05, 4.69) is 5.32 Å². The van der Waals surface area contributed by atoms with Crippen LogP contribution in [0.2, 0.25) is 5.02 Å². The van der Waals surface area contributed by atoms with Gasteiger partial charge >= 0.3 is 6.03 Å². The molecule has 0 aromatic heterocycles. The lowest BCUT2D eigenvalue weighted by molar-refractivity contribution is -0.385. The molecule has 0 radical (unpaired) electrons. The van der Waals surface area contributed by atoms with Crippen LogP contribution in [0.25, 0.3) is 0 Å². The van der Waals surface area contributed by atoms with Crippen LogP contribution in [0.15, 0.2) is 36.4 Å². The van der Waals surface area contributed by atoms with E-state index in [0.29, 0.717) is 11.1 Å². The average molecular weight is 392 g/mol. The minimum atomic E-state index is -1.46. The van der Waals surface area contributed by atoms with Crippen LogP contribution in [-0.2, 0) is 16.9 Å². The van der Waals surface area contributed by atoms with Crippen molar-refractivity contribution >= 4 is 29.2 Å². The predicted octanol–water partition coefficient (Wildman–Crippen LogP) is 3.66. The maximum atomic E-state index is 13.3. The largest absolute Gasteiger partial charge is 0.325 e. The number of carbonyl (C=O) groups excluding carboxylic acids is 2. The highest BCUT2D eigenvalue weighted by Gasteiger charge is 2.50. The predicted molar refractivity (Wildman–Crippen MR) is 95.7 cm³/mol. The standard InChI is InChI=1S/C18H15ClFN3O4/c1-10-11(4-3-5-15(10)23(26)27)9-22-16(24)18(2,21-17(22)25)13-7-6-12(20)8-14(13)19/h3-8H,9H2,1-2H3,(H,21,25). The number of nitrogens with one attached hydrogen (secondary N) is 1. The van der Waals surface area contributed by atoms with Gasteiger partial charge in [0.05, 0.1) is 11.5 Å². The summed E-state index contributed by atoms with van der Waals surface area (Å²) in [5.41, 5.74) is -0.444. The van der Waals surface area contributed by atoms with Crippen molar-refractivity contribution in [2.45, 2.75) is 25.9 Å². The van der Waals surface area contributed by atoms with Crippen molar-refractivity contribution < 1.29 is 18.9 Å². The molecular formula is C18H15ClFN3O4. The molecule has 7 nitrogen and oxygen atoms in total. The normalized spacial score (nSPS) is 19.3. The summed E-state index contributed by atoms with van der Waals surface area (Å²) in [6.07, 6.45) is 0. The van der Waals surface area contributed by atoms with Gasteiger partial charge in [0, 0.05) is 22.2 Å². The van der Waals surface area contributed by atoms with Crippen molar-refractivity contribution in [2.75, 3.05) is 0 Å². The first-order valence-corrected chi connectivity index (χ1v) is 8.35. The van der Waals surface area contributed by atoms with Gasteiger partial charge in [-0.25, -0.2) is 9.18 Å². The van der Waals surface area contributed by atoms with Gasteiger partial charge in [0.1, 0.15) is 11.4 Å². The molecule has 0 spiro atoms. The number of rotatable bonds is 4. The highest BCUT2D eigenvalue weighted by Crippen LogP contribution is 2.35. The van der Waals surface area contributed by atoms with Gasteiger partial charge in [-0.3, -0.25) is 19.8 Å². The number of nitro groups is 1. The lowest BCUT2D eigenvalue weighted by atomic mass is 9.91. The third-order valence-corrected chi connectivity index (χ3v) is 5.00. The van der Waals surface area contributed by atoms with Crippen molar-refractivity contribution in [3.8, 4) is 0 Å². The molecule has 27 heavy (non-hydrogen) atoms. The summed E-state index contributed by atoms with van der Waals surface area (Å²) >= 11 is 6.06. The summed E-state index contributed by atoms with van der Waals surface area (Å²) in [7, 11) is 0. The number of amides is 3. The van der Waals surface area contributed by atoms with Crippen molar-refractivity contribution in [1.29, 1.82) is 0 Å². The maximum absolute atomic E-state index is 13.3.